The van der Waals surface area contributed by atoms with Crippen molar-refractivity contribution in [2.45, 2.75) is 39.8 Å². The quantitative estimate of drug-likeness (QED) is 0.281. The minimum Gasteiger partial charge on any atom is -0.390 e. The maximum absolute atomic E-state index is 12.3. The highest BCUT2D eigenvalue weighted by molar-refractivity contribution is 6.01. The van der Waals surface area contributed by atoms with E-state index in [-0.39, 0.29) is 22.7 Å². The predicted octanol–water partition coefficient (Wildman–Crippen LogP) is 1.39. The Morgan fingerprint density at radius 2 is 2.03 bits per heavy atom. The summed E-state index contributed by atoms with van der Waals surface area (Å²) in [6.45, 7) is 8.34. The highest BCUT2D eigenvalue weighted by Crippen LogP contribution is 2.35. The number of primary amides is 1. The summed E-state index contributed by atoms with van der Waals surface area (Å²) in [5, 5.41) is 21.1. The molecule has 1 saturated heterocycles. The van der Waals surface area contributed by atoms with Crippen molar-refractivity contribution in [3.05, 3.63) is 54.0 Å². The second-order valence-electron chi connectivity index (χ2n) is 9.50. The van der Waals surface area contributed by atoms with Crippen LogP contribution in [0.4, 0.5) is 5.69 Å². The number of likely N-dealkylation sites (tertiary alicyclic amines) is 1. The number of amides is 1. The molecule has 1 atom stereocenters. The predicted molar refractivity (Wildman–Crippen MR) is 136 cm³/mol. The standard InChI is InChI=1S/C24H31N11O/c1-4-34-12-15(10-29-34)18-13-35-23(31-18)21(17(11-30-35)22(28)36)32-19-7-8-33(14-24(19,2)3)20(27)6-5-16(26)9-25/h5-6,10-13,19,32H,4,7-8,14,26-27H2,1-3H3,(H2,28,36)/b16-5-,20-6+. The molecule has 1 fully saturated rings. The van der Waals surface area contributed by atoms with Gasteiger partial charge in [0.1, 0.15) is 11.8 Å². The molecular formula is C24H31N11O. The molecule has 0 bridgehead atoms. The fourth-order valence-corrected chi connectivity index (χ4v) is 4.41. The number of imidazole rings is 1. The lowest BCUT2D eigenvalue weighted by molar-refractivity contribution is 0.0999. The Bertz CT molecular complexity index is 1390. The summed E-state index contributed by atoms with van der Waals surface area (Å²) in [7, 11) is 0. The third kappa shape index (κ3) is 4.81. The van der Waals surface area contributed by atoms with Gasteiger partial charge in [0, 0.05) is 42.9 Å². The first-order valence-corrected chi connectivity index (χ1v) is 11.7. The zero-order valence-corrected chi connectivity index (χ0v) is 20.6. The average molecular weight is 490 g/mol. The number of aryl methyl sites for hydroxylation is 1. The molecule has 12 nitrogen and oxygen atoms in total. The molecule has 0 saturated carbocycles. The SMILES string of the molecule is CCn1cc(-c2cn3ncc(C(N)=O)c(NC4CCN(/C(N)=C/C=C(\N)C#N)CC4(C)C)c3n2)cn1. The zero-order chi connectivity index (χ0) is 26.0. The monoisotopic (exact) mass is 489 g/mol. The minimum absolute atomic E-state index is 0.00596. The molecule has 1 aliphatic heterocycles. The van der Waals surface area contributed by atoms with Crippen molar-refractivity contribution in [1.29, 1.82) is 5.26 Å². The molecule has 4 heterocycles. The van der Waals surface area contributed by atoms with Crippen LogP contribution in [0.5, 0.6) is 0 Å². The molecular weight excluding hydrogens is 458 g/mol. The van der Waals surface area contributed by atoms with Gasteiger partial charge in [0.15, 0.2) is 5.65 Å². The molecule has 0 spiro atoms. The number of aromatic nitrogens is 5. The van der Waals surface area contributed by atoms with E-state index in [2.05, 4.69) is 34.3 Å². The molecule has 1 amide bonds. The van der Waals surface area contributed by atoms with Crippen molar-refractivity contribution < 1.29 is 4.79 Å². The lowest BCUT2D eigenvalue weighted by Gasteiger charge is -2.45. The maximum Gasteiger partial charge on any atom is 0.252 e. The number of nitrogens with zero attached hydrogens (tertiary/aromatic N) is 7. The fourth-order valence-electron chi connectivity index (χ4n) is 4.41. The van der Waals surface area contributed by atoms with Crippen molar-refractivity contribution in [2.24, 2.45) is 22.6 Å². The summed E-state index contributed by atoms with van der Waals surface area (Å²) in [4.78, 5) is 19.1. The molecule has 0 aromatic carbocycles. The summed E-state index contributed by atoms with van der Waals surface area (Å²) >= 11 is 0. The highest BCUT2D eigenvalue weighted by Gasteiger charge is 2.37. The molecule has 36 heavy (non-hydrogen) atoms. The Hall–Kier alpha value is -4.53. The Morgan fingerprint density at radius 3 is 2.67 bits per heavy atom. The fraction of sp³-hybridized carbons (Fsp3) is 0.375. The number of piperidine rings is 1. The van der Waals surface area contributed by atoms with E-state index in [4.69, 9.17) is 27.4 Å². The van der Waals surface area contributed by atoms with Gasteiger partial charge >= 0.3 is 0 Å². The van der Waals surface area contributed by atoms with E-state index in [1.165, 1.54) is 12.3 Å². The van der Waals surface area contributed by atoms with Crippen molar-refractivity contribution in [3.63, 3.8) is 0 Å². The van der Waals surface area contributed by atoms with Crippen LogP contribution in [0.1, 0.15) is 37.6 Å². The number of allylic oxidation sites excluding steroid dienone is 3. The van der Waals surface area contributed by atoms with Crippen LogP contribution in [0, 0.1) is 16.7 Å². The van der Waals surface area contributed by atoms with Gasteiger partial charge in [-0.1, -0.05) is 13.8 Å². The molecule has 3 aromatic rings. The van der Waals surface area contributed by atoms with Crippen LogP contribution in [0.25, 0.3) is 16.9 Å². The summed E-state index contributed by atoms with van der Waals surface area (Å²) in [6, 6.07) is 1.87. The number of rotatable bonds is 7. The number of anilines is 1. The molecule has 3 aromatic heterocycles. The lowest BCUT2D eigenvalue weighted by atomic mass is 9.79. The Kier molecular flexibility index (Phi) is 6.57. The Balaban J connectivity index is 1.64. The first-order valence-electron chi connectivity index (χ1n) is 11.7. The van der Waals surface area contributed by atoms with Gasteiger partial charge in [-0.25, -0.2) is 9.50 Å². The molecule has 7 N–H and O–H groups in total. The van der Waals surface area contributed by atoms with E-state index < -0.39 is 5.91 Å². The molecule has 12 heteroatoms. The van der Waals surface area contributed by atoms with Gasteiger partial charge in [0.2, 0.25) is 0 Å². The summed E-state index contributed by atoms with van der Waals surface area (Å²) < 4.78 is 3.46. The first-order chi connectivity index (χ1) is 17.1. The van der Waals surface area contributed by atoms with E-state index in [9.17, 15) is 4.79 Å². The van der Waals surface area contributed by atoms with Gasteiger partial charge in [-0.2, -0.15) is 15.5 Å². The van der Waals surface area contributed by atoms with Crippen molar-refractivity contribution in [1.82, 2.24) is 29.3 Å². The average Bonchev–Trinajstić information content (AvgIpc) is 3.50. The molecule has 0 radical (unpaired) electrons. The third-order valence-corrected chi connectivity index (χ3v) is 6.49. The van der Waals surface area contributed by atoms with E-state index >= 15 is 0 Å². The van der Waals surface area contributed by atoms with Crippen LogP contribution in [0.3, 0.4) is 0 Å². The molecule has 188 valence electrons. The Labute approximate surface area is 209 Å². The minimum atomic E-state index is -0.583. The smallest absolute Gasteiger partial charge is 0.252 e. The normalized spacial score (nSPS) is 18.3. The van der Waals surface area contributed by atoms with Gasteiger partial charge in [-0.3, -0.25) is 9.48 Å². The number of carbonyl (C=O) groups excluding carboxylic acids is 1. The maximum atomic E-state index is 12.3. The first kappa shape index (κ1) is 24.6. The van der Waals surface area contributed by atoms with Gasteiger partial charge in [-0.05, 0) is 25.5 Å². The van der Waals surface area contributed by atoms with Crippen LogP contribution in [-0.2, 0) is 6.54 Å². The summed E-state index contributed by atoms with van der Waals surface area (Å²) in [6.07, 6.45) is 10.8. The third-order valence-electron chi connectivity index (χ3n) is 6.49. The van der Waals surface area contributed by atoms with Crippen LogP contribution >= 0.6 is 0 Å². The van der Waals surface area contributed by atoms with E-state index in [0.717, 1.165) is 18.5 Å². The van der Waals surface area contributed by atoms with Crippen LogP contribution in [-0.4, -0.2) is 54.3 Å². The van der Waals surface area contributed by atoms with Crippen molar-refractivity contribution in [3.8, 4) is 17.3 Å². The van der Waals surface area contributed by atoms with E-state index in [1.807, 2.05) is 30.1 Å². The highest BCUT2D eigenvalue weighted by atomic mass is 16.1. The topological polar surface area (TPSA) is 182 Å². The van der Waals surface area contributed by atoms with E-state index in [0.29, 0.717) is 35.9 Å². The van der Waals surface area contributed by atoms with Gasteiger partial charge in [0.25, 0.3) is 5.91 Å². The zero-order valence-electron chi connectivity index (χ0n) is 20.6. The number of fused-ring (bicyclic) bond motifs is 1. The number of hydrogen-bond acceptors (Lipinski definition) is 9. The lowest BCUT2D eigenvalue weighted by Crippen LogP contribution is -2.52. The second kappa shape index (κ2) is 9.61. The number of nitriles is 1. The van der Waals surface area contributed by atoms with Gasteiger partial charge < -0.3 is 27.4 Å². The van der Waals surface area contributed by atoms with Crippen molar-refractivity contribution >= 4 is 17.2 Å². The van der Waals surface area contributed by atoms with Gasteiger partial charge in [0.05, 0.1) is 41.4 Å². The number of carbonyl (C=O) groups is 1. The number of nitrogens with two attached hydrogens (primary N) is 3. The van der Waals surface area contributed by atoms with Gasteiger partial charge in [-0.15, -0.1) is 0 Å². The molecule has 1 unspecified atom stereocenters. The molecule has 0 aliphatic carbocycles. The van der Waals surface area contributed by atoms with Crippen molar-refractivity contribution in [2.75, 3.05) is 18.4 Å². The van der Waals surface area contributed by atoms with Crippen LogP contribution < -0.4 is 22.5 Å². The largest absolute Gasteiger partial charge is 0.390 e. The Morgan fingerprint density at radius 1 is 1.25 bits per heavy atom. The second-order valence-corrected chi connectivity index (χ2v) is 9.50. The summed E-state index contributed by atoms with van der Waals surface area (Å²) in [5.41, 5.74) is 20.3. The molecule has 4 rings (SSSR count). The number of hydrogen-bond donors (Lipinski definition) is 4. The van der Waals surface area contributed by atoms with Crippen LogP contribution in [0.2, 0.25) is 0 Å². The van der Waals surface area contributed by atoms with E-state index in [1.54, 1.807) is 16.8 Å². The number of nitrogens with one attached hydrogen (secondary N) is 1. The summed E-state index contributed by atoms with van der Waals surface area (Å²) in [5.74, 6) is -0.0467. The molecule has 1 aliphatic rings. The van der Waals surface area contributed by atoms with Crippen LogP contribution in [0.15, 0.2) is 48.5 Å².